The Labute approximate surface area is 156 Å². The third-order valence-electron chi connectivity index (χ3n) is 3.47. The van der Waals surface area contributed by atoms with Crippen LogP contribution in [0.15, 0.2) is 29.3 Å². The first-order valence-corrected chi connectivity index (χ1v) is 9.58. The van der Waals surface area contributed by atoms with E-state index in [9.17, 15) is 13.2 Å². The number of hydrogen-bond acceptors (Lipinski definition) is 4. The highest BCUT2D eigenvalue weighted by molar-refractivity contribution is 7.89. The van der Waals surface area contributed by atoms with Gasteiger partial charge in [-0.15, -0.1) is 0 Å². The number of sulfonamides is 1. The summed E-state index contributed by atoms with van der Waals surface area (Å²) in [6.07, 6.45) is 1.80. The zero-order valence-electron chi connectivity index (χ0n) is 14.0. The molecule has 7 nitrogen and oxygen atoms in total. The Balaban J connectivity index is 2.27. The molecule has 0 aliphatic heterocycles. The summed E-state index contributed by atoms with van der Waals surface area (Å²) in [5.74, 6) is -0.511. The van der Waals surface area contributed by atoms with Crippen LogP contribution in [0.4, 0.5) is 0 Å². The molecule has 2 rings (SSSR count). The van der Waals surface area contributed by atoms with E-state index in [1.165, 1.54) is 26.2 Å². The summed E-state index contributed by atoms with van der Waals surface area (Å²) in [6, 6.07) is 4.22. The van der Waals surface area contributed by atoms with Crippen molar-refractivity contribution in [3.05, 3.63) is 45.7 Å². The van der Waals surface area contributed by atoms with Crippen molar-refractivity contribution >= 4 is 39.1 Å². The lowest BCUT2D eigenvalue weighted by Gasteiger charge is -2.14. The number of halogens is 2. The van der Waals surface area contributed by atoms with Gasteiger partial charge in [0.1, 0.15) is 4.90 Å². The van der Waals surface area contributed by atoms with Crippen LogP contribution < -0.4 is 5.32 Å². The molecule has 0 radical (unpaired) electrons. The van der Waals surface area contributed by atoms with Crippen LogP contribution in [0.5, 0.6) is 0 Å². The maximum Gasteiger partial charge on any atom is 0.253 e. The van der Waals surface area contributed by atoms with Crippen molar-refractivity contribution < 1.29 is 13.2 Å². The third-order valence-corrected chi connectivity index (χ3v) is 6.07. The van der Waals surface area contributed by atoms with Gasteiger partial charge in [-0.2, -0.15) is 5.10 Å². The van der Waals surface area contributed by atoms with Crippen LogP contribution in [0.1, 0.15) is 23.0 Å². The number of carbonyl (C=O) groups is 1. The number of amides is 1. The highest BCUT2D eigenvalue weighted by atomic mass is 35.5. The van der Waals surface area contributed by atoms with Gasteiger partial charge in [0.2, 0.25) is 10.0 Å². The Morgan fingerprint density at radius 3 is 2.52 bits per heavy atom. The fraction of sp³-hybridized carbons (Fsp3) is 0.333. The maximum atomic E-state index is 12.4. The molecule has 136 valence electrons. The van der Waals surface area contributed by atoms with Gasteiger partial charge in [0.25, 0.3) is 5.91 Å². The second kappa shape index (κ2) is 7.74. The van der Waals surface area contributed by atoms with Crippen molar-refractivity contribution in [1.29, 1.82) is 0 Å². The molecular formula is C15H18Cl2N4O3S. The lowest BCUT2D eigenvalue weighted by atomic mass is 10.2. The smallest absolute Gasteiger partial charge is 0.253 e. The molecule has 0 saturated heterocycles. The van der Waals surface area contributed by atoms with Crippen LogP contribution in [0.2, 0.25) is 10.0 Å². The van der Waals surface area contributed by atoms with Crippen molar-refractivity contribution in [1.82, 2.24) is 19.4 Å². The number of nitrogens with zero attached hydrogens (tertiary/aromatic N) is 3. The van der Waals surface area contributed by atoms with Crippen LogP contribution >= 0.6 is 23.2 Å². The first-order valence-electron chi connectivity index (χ1n) is 7.39. The molecule has 0 unspecified atom stereocenters. The molecule has 0 spiro atoms. The molecule has 25 heavy (non-hydrogen) atoms. The number of hydrogen-bond donors (Lipinski definition) is 1. The minimum Gasteiger partial charge on any atom is -0.346 e. The fourth-order valence-electron chi connectivity index (χ4n) is 2.04. The van der Waals surface area contributed by atoms with E-state index in [1.54, 1.807) is 16.9 Å². The van der Waals surface area contributed by atoms with E-state index in [0.717, 1.165) is 10.8 Å². The van der Waals surface area contributed by atoms with E-state index < -0.39 is 15.9 Å². The number of benzene rings is 1. The van der Waals surface area contributed by atoms with Crippen LogP contribution in [0, 0.1) is 0 Å². The molecule has 2 aromatic rings. The third kappa shape index (κ3) is 4.33. The number of carbonyl (C=O) groups excluding carboxylic acids is 1. The van der Waals surface area contributed by atoms with Crippen molar-refractivity contribution in [2.24, 2.45) is 0 Å². The molecule has 1 aromatic carbocycles. The first-order chi connectivity index (χ1) is 11.7. The minimum atomic E-state index is -3.80. The van der Waals surface area contributed by atoms with Crippen molar-refractivity contribution in [2.75, 3.05) is 14.1 Å². The monoisotopic (exact) mass is 404 g/mol. The second-order valence-corrected chi connectivity index (χ2v) is 8.33. The van der Waals surface area contributed by atoms with Gasteiger partial charge in [-0.1, -0.05) is 23.2 Å². The minimum absolute atomic E-state index is 0.0291. The highest BCUT2D eigenvalue weighted by Crippen LogP contribution is 2.30. The van der Waals surface area contributed by atoms with Crippen molar-refractivity contribution in [2.45, 2.75) is 24.9 Å². The molecule has 1 heterocycles. The maximum absolute atomic E-state index is 12.4. The van der Waals surface area contributed by atoms with Crippen LogP contribution in [-0.2, 0) is 23.1 Å². The molecule has 0 saturated carbocycles. The molecule has 10 heteroatoms. The topological polar surface area (TPSA) is 84.3 Å². The van der Waals surface area contributed by atoms with Gasteiger partial charge in [-0.3, -0.25) is 9.48 Å². The summed E-state index contributed by atoms with van der Waals surface area (Å²) in [7, 11) is -1.04. The molecule has 1 N–H and O–H groups in total. The zero-order valence-corrected chi connectivity index (χ0v) is 16.3. The summed E-state index contributed by atoms with van der Waals surface area (Å²) in [5, 5.41) is 6.95. The molecule has 0 aliphatic carbocycles. The lowest BCUT2D eigenvalue weighted by molar-refractivity contribution is 0.0950. The normalized spacial score (nSPS) is 11.8. The van der Waals surface area contributed by atoms with Gasteiger partial charge in [-0.05, 0) is 25.1 Å². The SMILES string of the molecule is CCn1ccc(CNC(=O)c2cc(S(=O)(=O)N(C)C)c(Cl)cc2Cl)n1. The fourth-order valence-corrected chi connectivity index (χ4v) is 3.76. The quantitative estimate of drug-likeness (QED) is 0.800. The van der Waals surface area contributed by atoms with Gasteiger partial charge < -0.3 is 5.32 Å². The number of aromatic nitrogens is 2. The van der Waals surface area contributed by atoms with Gasteiger partial charge in [-0.25, -0.2) is 12.7 Å². The Bertz CT molecular complexity index is 894. The molecule has 0 atom stereocenters. The zero-order chi connectivity index (χ0) is 18.8. The van der Waals surface area contributed by atoms with E-state index in [1.807, 2.05) is 6.92 Å². The highest BCUT2D eigenvalue weighted by Gasteiger charge is 2.24. The standard InChI is InChI=1S/C15H18Cl2N4O3S/c1-4-21-6-5-10(19-21)9-18-15(22)11-7-14(13(17)8-12(11)16)25(23,24)20(2)3/h5-8H,4,9H2,1-3H3,(H,18,22). The molecule has 0 aliphatic rings. The molecule has 0 fully saturated rings. The summed E-state index contributed by atoms with van der Waals surface area (Å²) in [4.78, 5) is 12.2. The molecule has 1 aromatic heterocycles. The van der Waals surface area contributed by atoms with Gasteiger partial charge in [0.05, 0.1) is 27.8 Å². The van der Waals surface area contributed by atoms with Crippen LogP contribution in [-0.4, -0.2) is 42.5 Å². The van der Waals surface area contributed by atoms with Gasteiger partial charge in [0, 0.05) is 26.8 Å². The van der Waals surface area contributed by atoms with Crippen molar-refractivity contribution in [3.8, 4) is 0 Å². The van der Waals surface area contributed by atoms with Crippen molar-refractivity contribution in [3.63, 3.8) is 0 Å². The number of rotatable bonds is 6. The van der Waals surface area contributed by atoms with E-state index in [0.29, 0.717) is 5.69 Å². The predicted octanol–water partition coefficient (Wildman–Crippen LogP) is 2.39. The first kappa shape index (κ1) is 19.7. The van der Waals surface area contributed by atoms with E-state index in [-0.39, 0.29) is 27.0 Å². The molecule has 0 bridgehead atoms. The van der Waals surface area contributed by atoms with Crippen LogP contribution in [0.25, 0.3) is 0 Å². The molecule has 1 amide bonds. The number of nitrogens with one attached hydrogen (secondary N) is 1. The average Bonchev–Trinajstić information content (AvgIpc) is 3.00. The van der Waals surface area contributed by atoms with E-state index >= 15 is 0 Å². The summed E-state index contributed by atoms with van der Waals surface area (Å²) in [6.45, 7) is 2.87. The average molecular weight is 405 g/mol. The van der Waals surface area contributed by atoms with Crippen LogP contribution in [0.3, 0.4) is 0 Å². The Morgan fingerprint density at radius 2 is 1.96 bits per heavy atom. The second-order valence-electron chi connectivity index (χ2n) is 5.40. The largest absolute Gasteiger partial charge is 0.346 e. The van der Waals surface area contributed by atoms with Gasteiger partial charge >= 0.3 is 0 Å². The lowest BCUT2D eigenvalue weighted by Crippen LogP contribution is -2.26. The Hall–Kier alpha value is -1.61. The summed E-state index contributed by atoms with van der Waals surface area (Å²) in [5.41, 5.74) is 0.711. The van der Waals surface area contributed by atoms with E-state index in [2.05, 4.69) is 10.4 Å². The molecular weight excluding hydrogens is 387 g/mol. The number of aryl methyl sites for hydroxylation is 1. The summed E-state index contributed by atoms with van der Waals surface area (Å²) >= 11 is 12.1. The van der Waals surface area contributed by atoms with Gasteiger partial charge in [0.15, 0.2) is 0 Å². The Morgan fingerprint density at radius 1 is 1.28 bits per heavy atom. The van der Waals surface area contributed by atoms with E-state index in [4.69, 9.17) is 23.2 Å². The Kier molecular flexibility index (Phi) is 6.10. The predicted molar refractivity (Wildman–Crippen MR) is 96.4 cm³/mol. The summed E-state index contributed by atoms with van der Waals surface area (Å²) < 4.78 is 27.4.